The quantitative estimate of drug-likeness (QED) is 0.672. The number of hydrogen-bond acceptors (Lipinski definition) is 4. The van der Waals surface area contributed by atoms with Crippen LogP contribution in [-0.2, 0) is 0 Å². The van der Waals surface area contributed by atoms with E-state index in [2.05, 4.69) is 26.2 Å². The number of nitro benzene ring substituents is 1. The second kappa shape index (κ2) is 5.98. The number of pyridine rings is 1. The summed E-state index contributed by atoms with van der Waals surface area (Å²) in [6.07, 6.45) is 2.79. The van der Waals surface area contributed by atoms with Gasteiger partial charge in [-0.05, 0) is 34.1 Å². The molecular weight excluding hydrogens is 350 g/mol. The highest BCUT2D eigenvalue weighted by molar-refractivity contribution is 9.10. The van der Waals surface area contributed by atoms with Gasteiger partial charge in [-0.15, -0.1) is 0 Å². The number of carbonyl (C=O) groups is 1. The van der Waals surface area contributed by atoms with Gasteiger partial charge >= 0.3 is 0 Å². The molecule has 1 aromatic carbocycles. The third-order valence-corrected chi connectivity index (χ3v) is 3.41. The third-order valence-electron chi connectivity index (χ3n) is 2.41. The van der Waals surface area contributed by atoms with Gasteiger partial charge in [0.05, 0.1) is 20.0 Å². The summed E-state index contributed by atoms with van der Waals surface area (Å²) in [7, 11) is 0. The molecule has 0 radical (unpaired) electrons. The van der Waals surface area contributed by atoms with Gasteiger partial charge in [0.1, 0.15) is 0 Å². The average molecular weight is 357 g/mol. The van der Waals surface area contributed by atoms with E-state index in [-0.39, 0.29) is 16.3 Å². The van der Waals surface area contributed by atoms with Gasteiger partial charge in [0, 0.05) is 24.1 Å². The number of amides is 1. The minimum absolute atomic E-state index is 0.139. The minimum atomic E-state index is -0.545. The summed E-state index contributed by atoms with van der Waals surface area (Å²) < 4.78 is 0.333. The number of nitrogens with zero attached hydrogens (tertiary/aromatic N) is 2. The smallest absolute Gasteiger partial charge is 0.285 e. The molecule has 0 saturated heterocycles. The van der Waals surface area contributed by atoms with Gasteiger partial charge in [0.25, 0.3) is 11.6 Å². The van der Waals surface area contributed by atoms with E-state index in [1.807, 2.05) is 0 Å². The van der Waals surface area contributed by atoms with Crippen LogP contribution in [0.1, 0.15) is 10.4 Å². The predicted octanol–water partition coefficient (Wildman–Crippen LogP) is 3.66. The third kappa shape index (κ3) is 3.12. The van der Waals surface area contributed by atoms with Gasteiger partial charge in [-0.1, -0.05) is 11.6 Å². The molecule has 0 aliphatic carbocycles. The van der Waals surface area contributed by atoms with Gasteiger partial charge in [-0.2, -0.15) is 0 Å². The first-order chi connectivity index (χ1) is 9.49. The van der Waals surface area contributed by atoms with Crippen molar-refractivity contribution >= 4 is 44.8 Å². The molecule has 0 aliphatic rings. The molecule has 8 heteroatoms. The molecule has 1 N–H and O–H groups in total. The van der Waals surface area contributed by atoms with E-state index in [1.165, 1.54) is 30.6 Å². The highest BCUT2D eigenvalue weighted by atomic mass is 79.9. The number of benzene rings is 1. The molecule has 1 heterocycles. The molecule has 0 fully saturated rings. The fourth-order valence-electron chi connectivity index (χ4n) is 1.47. The molecule has 102 valence electrons. The Balaban J connectivity index is 2.27. The summed E-state index contributed by atoms with van der Waals surface area (Å²) >= 11 is 8.94. The van der Waals surface area contributed by atoms with Crippen molar-refractivity contribution in [3.05, 3.63) is 61.8 Å². The van der Waals surface area contributed by atoms with E-state index in [1.54, 1.807) is 6.07 Å². The fourth-order valence-corrected chi connectivity index (χ4v) is 2.06. The molecule has 0 unspecified atom stereocenters. The second-order valence-electron chi connectivity index (χ2n) is 3.73. The lowest BCUT2D eigenvalue weighted by atomic mass is 10.2. The predicted molar refractivity (Wildman–Crippen MR) is 78.0 cm³/mol. The van der Waals surface area contributed by atoms with Gasteiger partial charge in [-0.25, -0.2) is 0 Å². The standard InChI is InChI=1S/C12H7BrClN3O3/c13-9-2-1-7(5-11(9)17(19)20)16-12(18)8-6-15-4-3-10(8)14/h1-6H,(H,16,18). The van der Waals surface area contributed by atoms with Gasteiger partial charge in [-0.3, -0.25) is 19.9 Å². The highest BCUT2D eigenvalue weighted by Gasteiger charge is 2.15. The minimum Gasteiger partial charge on any atom is -0.322 e. The number of carbonyl (C=O) groups excluding carboxylic acids is 1. The zero-order valence-corrected chi connectivity index (χ0v) is 12.2. The lowest BCUT2D eigenvalue weighted by Crippen LogP contribution is -2.12. The monoisotopic (exact) mass is 355 g/mol. The van der Waals surface area contributed by atoms with E-state index in [0.29, 0.717) is 10.2 Å². The molecule has 1 aromatic heterocycles. The molecule has 20 heavy (non-hydrogen) atoms. The maximum absolute atomic E-state index is 12.0. The van der Waals surface area contributed by atoms with Gasteiger partial charge < -0.3 is 5.32 Å². The van der Waals surface area contributed by atoms with Crippen LogP contribution in [0.5, 0.6) is 0 Å². The molecule has 2 aromatic rings. The second-order valence-corrected chi connectivity index (χ2v) is 4.99. The first-order valence-corrected chi connectivity index (χ1v) is 6.51. The van der Waals surface area contributed by atoms with E-state index >= 15 is 0 Å². The van der Waals surface area contributed by atoms with Crippen molar-refractivity contribution in [1.29, 1.82) is 0 Å². The van der Waals surface area contributed by atoms with Crippen LogP contribution in [-0.4, -0.2) is 15.8 Å². The molecule has 0 aliphatic heterocycles. The maximum atomic E-state index is 12.0. The highest BCUT2D eigenvalue weighted by Crippen LogP contribution is 2.28. The van der Waals surface area contributed by atoms with E-state index in [4.69, 9.17) is 11.6 Å². The zero-order valence-electron chi connectivity index (χ0n) is 9.84. The number of rotatable bonds is 3. The molecule has 1 amide bonds. The topological polar surface area (TPSA) is 85.1 Å². The lowest BCUT2D eigenvalue weighted by Gasteiger charge is -2.06. The summed E-state index contributed by atoms with van der Waals surface area (Å²) in [6, 6.07) is 5.77. The largest absolute Gasteiger partial charge is 0.322 e. The molecule has 6 nitrogen and oxygen atoms in total. The molecule has 0 bridgehead atoms. The summed E-state index contributed by atoms with van der Waals surface area (Å²) in [4.78, 5) is 26.1. The Kier molecular flexibility index (Phi) is 4.31. The number of nitrogens with one attached hydrogen (secondary N) is 1. The van der Waals surface area contributed by atoms with Gasteiger partial charge in [0.15, 0.2) is 0 Å². The lowest BCUT2D eigenvalue weighted by molar-refractivity contribution is -0.385. The number of anilines is 1. The van der Waals surface area contributed by atoms with Crippen LogP contribution in [0.25, 0.3) is 0 Å². The number of nitro groups is 1. The van der Waals surface area contributed by atoms with Crippen LogP contribution in [0.15, 0.2) is 41.1 Å². The Morgan fingerprint density at radius 2 is 2.15 bits per heavy atom. The average Bonchev–Trinajstić information content (AvgIpc) is 2.41. The van der Waals surface area contributed by atoms with Crippen molar-refractivity contribution in [2.24, 2.45) is 0 Å². The maximum Gasteiger partial charge on any atom is 0.285 e. The summed E-state index contributed by atoms with van der Waals surface area (Å²) in [5, 5.41) is 13.6. The van der Waals surface area contributed by atoms with E-state index < -0.39 is 10.8 Å². The summed E-state index contributed by atoms with van der Waals surface area (Å²) in [5.41, 5.74) is 0.352. The van der Waals surface area contributed by atoms with Gasteiger partial charge in [0.2, 0.25) is 0 Å². The van der Waals surface area contributed by atoms with Crippen molar-refractivity contribution in [2.75, 3.05) is 5.32 Å². The number of halogens is 2. The van der Waals surface area contributed by atoms with Crippen LogP contribution in [0.2, 0.25) is 5.02 Å². The van der Waals surface area contributed by atoms with Crippen molar-refractivity contribution in [1.82, 2.24) is 4.98 Å². The Morgan fingerprint density at radius 1 is 1.40 bits per heavy atom. The number of hydrogen-bond donors (Lipinski definition) is 1. The fraction of sp³-hybridized carbons (Fsp3) is 0. The normalized spacial score (nSPS) is 10.1. The Hall–Kier alpha value is -1.99. The van der Waals surface area contributed by atoms with E-state index in [9.17, 15) is 14.9 Å². The van der Waals surface area contributed by atoms with Crippen LogP contribution < -0.4 is 5.32 Å². The van der Waals surface area contributed by atoms with Crippen molar-refractivity contribution in [3.63, 3.8) is 0 Å². The molecular formula is C12H7BrClN3O3. The van der Waals surface area contributed by atoms with Crippen molar-refractivity contribution in [2.45, 2.75) is 0 Å². The molecule has 0 saturated carbocycles. The summed E-state index contributed by atoms with van der Waals surface area (Å²) in [6.45, 7) is 0. The zero-order chi connectivity index (χ0) is 14.7. The Morgan fingerprint density at radius 3 is 2.80 bits per heavy atom. The van der Waals surface area contributed by atoms with Crippen LogP contribution >= 0.6 is 27.5 Å². The van der Waals surface area contributed by atoms with Crippen molar-refractivity contribution < 1.29 is 9.72 Å². The first-order valence-electron chi connectivity index (χ1n) is 5.34. The van der Waals surface area contributed by atoms with Crippen LogP contribution in [0.4, 0.5) is 11.4 Å². The molecule has 0 atom stereocenters. The van der Waals surface area contributed by atoms with Crippen LogP contribution in [0.3, 0.4) is 0 Å². The molecule has 0 spiro atoms. The Bertz CT molecular complexity index is 693. The molecule has 2 rings (SSSR count). The summed E-state index contributed by atoms with van der Waals surface area (Å²) in [5.74, 6) is -0.486. The van der Waals surface area contributed by atoms with Crippen molar-refractivity contribution in [3.8, 4) is 0 Å². The SMILES string of the molecule is O=C(Nc1ccc(Br)c([N+](=O)[O-])c1)c1cnccc1Cl. The van der Waals surface area contributed by atoms with Crippen LogP contribution in [0, 0.1) is 10.1 Å². The van der Waals surface area contributed by atoms with E-state index in [0.717, 1.165) is 0 Å². The Labute approximate surface area is 127 Å². The number of aromatic nitrogens is 1. The first kappa shape index (κ1) is 14.4.